The number of nitrogens with zero attached hydrogens (tertiary/aromatic N) is 1. The molecule has 4 aliphatic rings. The van der Waals surface area contributed by atoms with Crippen LogP contribution in [0, 0.1) is 38.7 Å². The van der Waals surface area contributed by atoms with Gasteiger partial charge in [0.1, 0.15) is 12.4 Å². The molecule has 4 aliphatic carbocycles. The molecule has 0 aliphatic heterocycles. The van der Waals surface area contributed by atoms with Crippen molar-refractivity contribution in [2.45, 2.75) is 84.3 Å². The summed E-state index contributed by atoms with van der Waals surface area (Å²) in [5.41, 5.74) is 0.570. The third-order valence-corrected chi connectivity index (χ3v) is 10.4. The number of ketones is 2. The molecule has 0 amide bonds. The van der Waals surface area contributed by atoms with E-state index < -0.39 is 22.1 Å². The molecule has 6 atom stereocenters. The van der Waals surface area contributed by atoms with Crippen molar-refractivity contribution >= 4 is 17.5 Å². The number of allylic oxidation sites excluding steroid dienone is 2. The number of esters is 1. The summed E-state index contributed by atoms with van der Waals surface area (Å²) < 4.78 is 6.19. The highest BCUT2D eigenvalue weighted by atomic mass is 16.9. The van der Waals surface area contributed by atoms with Crippen LogP contribution in [-0.4, -0.2) is 28.2 Å². The van der Waals surface area contributed by atoms with Crippen molar-refractivity contribution in [2.75, 3.05) is 0 Å². The van der Waals surface area contributed by atoms with Gasteiger partial charge in [-0.05, 0) is 86.3 Å². The summed E-state index contributed by atoms with van der Waals surface area (Å²) in [6, 6.07) is 6.29. The number of rotatable bonds is 6. The second-order valence-electron chi connectivity index (χ2n) is 11.9. The number of carbonyl (C=O) groups is 3. The molecule has 37 heavy (non-hydrogen) atoms. The summed E-state index contributed by atoms with van der Waals surface area (Å²) in [6.45, 7) is 5.81. The molecule has 8 nitrogen and oxygen atoms in total. The Kier molecular flexibility index (Phi) is 6.28. The van der Waals surface area contributed by atoms with Crippen LogP contribution < -0.4 is 0 Å². The van der Waals surface area contributed by atoms with Gasteiger partial charge in [-0.25, -0.2) is 4.79 Å². The number of hydrogen-bond donors (Lipinski definition) is 0. The van der Waals surface area contributed by atoms with Gasteiger partial charge in [-0.1, -0.05) is 37.6 Å². The van der Waals surface area contributed by atoms with E-state index in [0.29, 0.717) is 48.0 Å². The lowest BCUT2D eigenvalue weighted by Crippen LogP contribution is -2.58. The number of Topliss-reactive ketones (excluding diaryl/α,β-unsaturated/α-hetero) is 2. The molecule has 0 bridgehead atoms. The average molecular weight is 510 g/mol. The average Bonchev–Trinajstić information content (AvgIpc) is 3.16. The van der Waals surface area contributed by atoms with Crippen LogP contribution in [0.5, 0.6) is 0 Å². The lowest BCUT2D eigenvalue weighted by Gasteiger charge is -2.58. The van der Waals surface area contributed by atoms with Crippen molar-refractivity contribution < 1.29 is 29.0 Å². The molecule has 0 radical (unpaired) electrons. The Labute approximate surface area is 216 Å². The molecule has 0 N–H and O–H groups in total. The summed E-state index contributed by atoms with van der Waals surface area (Å²) >= 11 is 0. The zero-order valence-corrected chi connectivity index (χ0v) is 21.8. The molecule has 0 heterocycles. The maximum absolute atomic E-state index is 13.3. The maximum Gasteiger partial charge on any atom is 0.339 e. The summed E-state index contributed by atoms with van der Waals surface area (Å²) in [5, 5.41) is 9.58. The van der Waals surface area contributed by atoms with Crippen LogP contribution >= 0.6 is 0 Å². The Morgan fingerprint density at radius 3 is 2.46 bits per heavy atom. The smallest absolute Gasteiger partial charge is 0.339 e. The first-order chi connectivity index (χ1) is 17.5. The molecule has 3 fully saturated rings. The molecule has 198 valence electrons. The summed E-state index contributed by atoms with van der Waals surface area (Å²) in [5.74, 6) is 0.820. The molecular formula is C29H35NO7. The van der Waals surface area contributed by atoms with E-state index in [0.717, 1.165) is 32.1 Å². The summed E-state index contributed by atoms with van der Waals surface area (Å²) in [4.78, 5) is 53.6. The lowest BCUT2D eigenvalue weighted by atomic mass is 9.47. The third kappa shape index (κ3) is 3.99. The lowest BCUT2D eigenvalue weighted by molar-refractivity contribution is -0.763. The van der Waals surface area contributed by atoms with Crippen molar-refractivity contribution in [3.63, 3.8) is 0 Å². The highest BCUT2D eigenvalue weighted by Gasteiger charge is 2.67. The van der Waals surface area contributed by atoms with E-state index in [1.54, 1.807) is 24.3 Å². The standard InChI is InChI=1S/C29H35NO7/c1-18(31)29(37-26(33)20-6-4-19(5-7-20)17-36-30(34)35)15-12-25-23-9-8-21-16-22(32)10-13-27(21,2)24(23)11-14-28(25,29)3/h4-8,23-25H,9-17H2,1-3H3/t23-,24+,25+,27+,28+,29+/m1/s1. The van der Waals surface area contributed by atoms with Crippen molar-refractivity contribution in [1.29, 1.82) is 0 Å². The maximum atomic E-state index is 13.3. The van der Waals surface area contributed by atoms with Gasteiger partial charge in [-0.15, -0.1) is 10.1 Å². The fourth-order valence-corrected chi connectivity index (χ4v) is 8.37. The predicted octanol–water partition coefficient (Wildman–Crippen LogP) is 5.41. The van der Waals surface area contributed by atoms with E-state index in [9.17, 15) is 24.5 Å². The van der Waals surface area contributed by atoms with Gasteiger partial charge < -0.3 is 9.57 Å². The number of fused-ring (bicyclic) bond motifs is 5. The second kappa shape index (κ2) is 9.07. The van der Waals surface area contributed by atoms with E-state index in [-0.39, 0.29) is 23.7 Å². The van der Waals surface area contributed by atoms with Gasteiger partial charge in [-0.3, -0.25) is 9.59 Å². The molecule has 0 aromatic heterocycles. The molecule has 0 unspecified atom stereocenters. The minimum atomic E-state index is -1.18. The van der Waals surface area contributed by atoms with Crippen LogP contribution in [0.3, 0.4) is 0 Å². The van der Waals surface area contributed by atoms with Crippen molar-refractivity contribution in [3.8, 4) is 0 Å². The monoisotopic (exact) mass is 509 g/mol. The van der Waals surface area contributed by atoms with Crippen LogP contribution in [0.2, 0.25) is 0 Å². The van der Waals surface area contributed by atoms with Gasteiger partial charge in [0.2, 0.25) is 0 Å². The van der Waals surface area contributed by atoms with Crippen LogP contribution in [0.15, 0.2) is 35.9 Å². The zero-order chi connectivity index (χ0) is 26.6. The van der Waals surface area contributed by atoms with Gasteiger partial charge in [0.25, 0.3) is 5.09 Å². The molecule has 1 aromatic rings. The number of carbonyl (C=O) groups excluding carboxylic acids is 3. The molecule has 1 aromatic carbocycles. The van der Waals surface area contributed by atoms with Crippen LogP contribution in [0.1, 0.15) is 88.1 Å². The van der Waals surface area contributed by atoms with Gasteiger partial charge >= 0.3 is 5.97 Å². The number of hydrogen-bond acceptors (Lipinski definition) is 7. The Morgan fingerprint density at radius 2 is 1.78 bits per heavy atom. The van der Waals surface area contributed by atoms with Gasteiger partial charge in [0.05, 0.1) is 5.56 Å². The minimum Gasteiger partial charge on any atom is -0.447 e. The Hall–Kier alpha value is -3.03. The van der Waals surface area contributed by atoms with E-state index >= 15 is 0 Å². The molecule has 8 heteroatoms. The van der Waals surface area contributed by atoms with Crippen molar-refractivity contribution in [2.24, 2.45) is 28.6 Å². The van der Waals surface area contributed by atoms with Crippen LogP contribution in [-0.2, 0) is 25.8 Å². The molecule has 5 rings (SSSR count). The van der Waals surface area contributed by atoms with Crippen LogP contribution in [0.4, 0.5) is 0 Å². The third-order valence-electron chi connectivity index (χ3n) is 10.4. The Balaban J connectivity index is 1.39. The van der Waals surface area contributed by atoms with Gasteiger partial charge in [0.15, 0.2) is 11.4 Å². The van der Waals surface area contributed by atoms with Crippen molar-refractivity contribution in [1.82, 2.24) is 0 Å². The van der Waals surface area contributed by atoms with E-state index in [4.69, 9.17) is 4.74 Å². The SMILES string of the molecule is CC(=O)[C@@]1(OC(=O)c2ccc(CO[N+](=O)[O-])cc2)CC[C@H]2[C@@H]3CC=C4CC(=O)CC[C@]4(C)[C@H]3CC[C@@]21C. The first-order valence-electron chi connectivity index (χ1n) is 13.3. The Bertz CT molecular complexity index is 1170. The normalized spacial score (nSPS) is 36.5. The zero-order valence-electron chi connectivity index (χ0n) is 21.8. The fraction of sp³-hybridized carbons (Fsp3) is 0.621. The highest BCUT2D eigenvalue weighted by molar-refractivity contribution is 5.95. The molecule has 3 saturated carbocycles. The minimum absolute atomic E-state index is 0.0387. The highest BCUT2D eigenvalue weighted by Crippen LogP contribution is 2.68. The summed E-state index contributed by atoms with van der Waals surface area (Å²) in [6.07, 6.45) is 8.44. The largest absolute Gasteiger partial charge is 0.447 e. The Morgan fingerprint density at radius 1 is 1.08 bits per heavy atom. The van der Waals surface area contributed by atoms with E-state index in [1.807, 2.05) is 0 Å². The number of ether oxygens (including phenoxy) is 1. The number of benzene rings is 1. The first-order valence-corrected chi connectivity index (χ1v) is 13.3. The molecule has 0 saturated heterocycles. The molecular weight excluding hydrogens is 474 g/mol. The fourth-order valence-electron chi connectivity index (χ4n) is 8.37. The second-order valence-corrected chi connectivity index (χ2v) is 11.9. The summed E-state index contributed by atoms with van der Waals surface area (Å²) in [7, 11) is 0. The quantitative estimate of drug-likeness (QED) is 0.218. The predicted molar refractivity (Wildman–Crippen MR) is 134 cm³/mol. The topological polar surface area (TPSA) is 113 Å². The van der Waals surface area contributed by atoms with Crippen LogP contribution in [0.25, 0.3) is 0 Å². The van der Waals surface area contributed by atoms with Crippen molar-refractivity contribution in [3.05, 3.63) is 57.2 Å². The molecule has 0 spiro atoms. The van der Waals surface area contributed by atoms with Gasteiger partial charge in [-0.2, -0.15) is 0 Å². The van der Waals surface area contributed by atoms with E-state index in [1.165, 1.54) is 12.5 Å². The van der Waals surface area contributed by atoms with Gasteiger partial charge in [0, 0.05) is 18.3 Å². The first kappa shape index (κ1) is 25.6. The van der Waals surface area contributed by atoms with E-state index in [2.05, 4.69) is 24.8 Å².